The number of nitrogens with one attached hydrogen (secondary N) is 2. The van der Waals surface area contributed by atoms with Crippen LogP contribution in [0.25, 0.3) is 0 Å². The summed E-state index contributed by atoms with van der Waals surface area (Å²) < 4.78 is 0. The minimum atomic E-state index is -1.08. The molecule has 0 radical (unpaired) electrons. The molecule has 3 N–H and O–H groups in total. The Morgan fingerprint density at radius 1 is 1.50 bits per heavy atom. The maximum absolute atomic E-state index is 11.5. The van der Waals surface area contributed by atoms with Crippen LogP contribution in [-0.2, 0) is 4.79 Å². The Morgan fingerprint density at radius 2 is 2.28 bits per heavy atom. The number of aliphatic carboxylic acids is 1. The second-order valence-corrected chi connectivity index (χ2v) is 4.22. The monoisotopic (exact) mass is 271 g/mol. The number of carboxylic acids is 1. The highest BCUT2D eigenvalue weighted by atomic mass is 32.2. The van der Waals surface area contributed by atoms with Crippen LogP contribution < -0.4 is 10.6 Å². The van der Waals surface area contributed by atoms with Gasteiger partial charge in [0.15, 0.2) is 0 Å². The Hall–Kier alpha value is -1.90. The van der Waals surface area contributed by atoms with Crippen LogP contribution in [0.5, 0.6) is 0 Å². The molecule has 0 aromatic carbocycles. The maximum atomic E-state index is 11.5. The van der Waals surface area contributed by atoms with Gasteiger partial charge in [-0.1, -0.05) is 0 Å². The van der Waals surface area contributed by atoms with Crippen LogP contribution in [-0.4, -0.2) is 50.3 Å². The van der Waals surface area contributed by atoms with Gasteiger partial charge in [0.25, 0.3) is 5.95 Å². The van der Waals surface area contributed by atoms with E-state index in [0.29, 0.717) is 12.2 Å². The summed E-state index contributed by atoms with van der Waals surface area (Å²) in [6, 6.07) is -1.61. The zero-order valence-corrected chi connectivity index (χ0v) is 10.5. The average molecular weight is 271 g/mol. The van der Waals surface area contributed by atoms with Crippen molar-refractivity contribution in [2.45, 2.75) is 12.5 Å². The third-order valence-corrected chi connectivity index (χ3v) is 2.57. The molecule has 0 aliphatic rings. The van der Waals surface area contributed by atoms with E-state index in [4.69, 9.17) is 5.11 Å². The van der Waals surface area contributed by atoms with Crippen molar-refractivity contribution in [3.63, 3.8) is 0 Å². The number of hydrogen-bond donors (Lipinski definition) is 3. The van der Waals surface area contributed by atoms with Crippen molar-refractivity contribution in [2.75, 3.05) is 17.3 Å². The molecule has 2 amide bonds. The predicted octanol–water partition coefficient (Wildman–Crippen LogP) is 0.199. The highest BCUT2D eigenvalue weighted by Crippen LogP contribution is 2.01. The van der Waals surface area contributed by atoms with Gasteiger partial charge in [-0.05, 0) is 18.4 Å². The Kier molecular flexibility index (Phi) is 5.85. The number of rotatable bonds is 6. The summed E-state index contributed by atoms with van der Waals surface area (Å²) in [5, 5.41) is 20.6. The molecule has 9 heteroatoms. The van der Waals surface area contributed by atoms with Gasteiger partial charge in [0.1, 0.15) is 6.04 Å². The molecule has 0 bridgehead atoms. The SMILES string of the molecule is CSCCC(NC(=O)Nc1nccnn1)C(=O)O. The molecule has 0 fully saturated rings. The fraction of sp³-hybridized carbons (Fsp3) is 0.444. The van der Waals surface area contributed by atoms with Crippen molar-refractivity contribution < 1.29 is 14.7 Å². The summed E-state index contributed by atoms with van der Waals surface area (Å²) in [4.78, 5) is 26.1. The molecule has 1 aromatic rings. The highest BCUT2D eigenvalue weighted by Gasteiger charge is 2.19. The number of carboxylic acid groups (broad SMARTS) is 1. The molecule has 0 spiro atoms. The van der Waals surface area contributed by atoms with Crippen LogP contribution >= 0.6 is 11.8 Å². The lowest BCUT2D eigenvalue weighted by atomic mass is 10.2. The molecule has 1 unspecified atom stereocenters. The number of amides is 2. The van der Waals surface area contributed by atoms with Crippen molar-refractivity contribution in [3.8, 4) is 0 Å². The van der Waals surface area contributed by atoms with Gasteiger partial charge in [-0.3, -0.25) is 5.32 Å². The minimum Gasteiger partial charge on any atom is -0.480 e. The third kappa shape index (κ3) is 4.95. The van der Waals surface area contributed by atoms with E-state index in [2.05, 4.69) is 25.8 Å². The number of carbonyl (C=O) groups is 2. The summed E-state index contributed by atoms with van der Waals surface area (Å²) in [5.74, 6) is -0.420. The summed E-state index contributed by atoms with van der Waals surface area (Å²) in [6.07, 6.45) is 4.94. The Labute approximate surface area is 108 Å². The van der Waals surface area contributed by atoms with E-state index < -0.39 is 18.0 Å². The first kappa shape index (κ1) is 14.2. The van der Waals surface area contributed by atoms with Gasteiger partial charge in [-0.15, -0.1) is 5.10 Å². The number of urea groups is 1. The number of thioether (sulfide) groups is 1. The van der Waals surface area contributed by atoms with Gasteiger partial charge in [-0.2, -0.15) is 16.9 Å². The molecule has 0 aliphatic heterocycles. The third-order valence-electron chi connectivity index (χ3n) is 1.92. The van der Waals surface area contributed by atoms with E-state index in [1.165, 1.54) is 24.2 Å². The lowest BCUT2D eigenvalue weighted by Crippen LogP contribution is -2.43. The number of carbonyl (C=O) groups excluding carboxylic acids is 1. The summed E-state index contributed by atoms with van der Waals surface area (Å²) in [7, 11) is 0. The topological polar surface area (TPSA) is 117 Å². The van der Waals surface area contributed by atoms with Gasteiger partial charge in [-0.25, -0.2) is 14.6 Å². The summed E-state index contributed by atoms with van der Waals surface area (Å²) in [5.41, 5.74) is 0. The molecule has 1 aromatic heterocycles. The molecule has 0 saturated heterocycles. The van der Waals surface area contributed by atoms with E-state index in [9.17, 15) is 9.59 Å². The Bertz CT molecular complexity index is 402. The highest BCUT2D eigenvalue weighted by molar-refractivity contribution is 7.98. The molecular weight excluding hydrogens is 258 g/mol. The number of aromatic nitrogens is 3. The lowest BCUT2D eigenvalue weighted by molar-refractivity contribution is -0.139. The number of anilines is 1. The minimum absolute atomic E-state index is 0.0176. The van der Waals surface area contributed by atoms with E-state index in [-0.39, 0.29) is 5.95 Å². The lowest BCUT2D eigenvalue weighted by Gasteiger charge is -2.13. The van der Waals surface area contributed by atoms with Crippen molar-refractivity contribution in [1.29, 1.82) is 0 Å². The van der Waals surface area contributed by atoms with Crippen molar-refractivity contribution in [2.24, 2.45) is 0 Å². The second-order valence-electron chi connectivity index (χ2n) is 3.24. The molecule has 8 nitrogen and oxygen atoms in total. The van der Waals surface area contributed by atoms with Crippen LogP contribution in [0, 0.1) is 0 Å². The largest absolute Gasteiger partial charge is 0.480 e. The zero-order chi connectivity index (χ0) is 13.4. The first-order chi connectivity index (χ1) is 8.63. The summed E-state index contributed by atoms with van der Waals surface area (Å²) >= 11 is 1.51. The quantitative estimate of drug-likeness (QED) is 0.676. The van der Waals surface area contributed by atoms with E-state index in [0.717, 1.165) is 0 Å². The smallest absolute Gasteiger partial charge is 0.326 e. The van der Waals surface area contributed by atoms with Crippen molar-refractivity contribution >= 4 is 29.7 Å². The van der Waals surface area contributed by atoms with Gasteiger partial charge in [0, 0.05) is 0 Å². The Morgan fingerprint density at radius 3 is 2.83 bits per heavy atom. The standard InChI is InChI=1S/C9H13N5O3S/c1-18-5-2-6(7(15)16)12-9(17)13-8-10-3-4-11-14-8/h3-4,6H,2,5H2,1H3,(H,15,16)(H2,10,12,13,14,17). The van der Waals surface area contributed by atoms with E-state index >= 15 is 0 Å². The molecule has 18 heavy (non-hydrogen) atoms. The van der Waals surface area contributed by atoms with Crippen LogP contribution in [0.3, 0.4) is 0 Å². The van der Waals surface area contributed by atoms with E-state index in [1.807, 2.05) is 6.26 Å². The van der Waals surface area contributed by atoms with Gasteiger partial charge in [0.2, 0.25) is 0 Å². The fourth-order valence-corrected chi connectivity index (χ4v) is 1.57. The first-order valence-electron chi connectivity index (χ1n) is 5.06. The van der Waals surface area contributed by atoms with Crippen LogP contribution in [0.2, 0.25) is 0 Å². The molecular formula is C9H13N5O3S. The molecule has 1 rings (SSSR count). The van der Waals surface area contributed by atoms with Gasteiger partial charge in [0.05, 0.1) is 12.4 Å². The van der Waals surface area contributed by atoms with Gasteiger partial charge >= 0.3 is 12.0 Å². The number of nitrogens with zero attached hydrogens (tertiary/aromatic N) is 3. The van der Waals surface area contributed by atoms with Gasteiger partial charge < -0.3 is 10.4 Å². The van der Waals surface area contributed by atoms with E-state index in [1.54, 1.807) is 0 Å². The van der Waals surface area contributed by atoms with Crippen LogP contribution in [0.1, 0.15) is 6.42 Å². The zero-order valence-electron chi connectivity index (χ0n) is 9.66. The molecule has 98 valence electrons. The summed E-state index contributed by atoms with van der Waals surface area (Å²) in [6.45, 7) is 0. The molecule has 1 heterocycles. The average Bonchev–Trinajstić information content (AvgIpc) is 2.35. The first-order valence-corrected chi connectivity index (χ1v) is 6.46. The predicted molar refractivity (Wildman–Crippen MR) is 66.4 cm³/mol. The van der Waals surface area contributed by atoms with Crippen molar-refractivity contribution in [3.05, 3.63) is 12.4 Å². The maximum Gasteiger partial charge on any atom is 0.326 e. The molecule has 0 aliphatic carbocycles. The number of hydrogen-bond acceptors (Lipinski definition) is 6. The normalized spacial score (nSPS) is 11.6. The Balaban J connectivity index is 2.48. The van der Waals surface area contributed by atoms with Crippen LogP contribution in [0.15, 0.2) is 12.4 Å². The fourth-order valence-electron chi connectivity index (χ4n) is 1.09. The molecule has 1 atom stereocenters. The van der Waals surface area contributed by atoms with Crippen LogP contribution in [0.4, 0.5) is 10.7 Å². The van der Waals surface area contributed by atoms with Crippen molar-refractivity contribution in [1.82, 2.24) is 20.5 Å². The molecule has 0 saturated carbocycles. The second kappa shape index (κ2) is 7.43.